The van der Waals surface area contributed by atoms with E-state index in [9.17, 15) is 4.79 Å². The highest BCUT2D eigenvalue weighted by Gasteiger charge is 2.08. The molecule has 0 saturated carbocycles. The van der Waals surface area contributed by atoms with E-state index in [2.05, 4.69) is 36.2 Å². The van der Waals surface area contributed by atoms with E-state index in [4.69, 9.17) is 5.84 Å². The summed E-state index contributed by atoms with van der Waals surface area (Å²) in [5.41, 5.74) is 2.94. The molecule has 9 nitrogen and oxygen atoms in total. The van der Waals surface area contributed by atoms with Gasteiger partial charge in [-0.3, -0.25) is 15.3 Å². The van der Waals surface area contributed by atoms with E-state index in [0.717, 1.165) is 5.39 Å². The average molecular weight is 250 g/mol. The SMILES string of the molecule is CNC(=O)CCNc1nc(NN)nc2[nH]ncc12. The van der Waals surface area contributed by atoms with Crippen LogP contribution in [0.5, 0.6) is 0 Å². The minimum atomic E-state index is -0.0443. The van der Waals surface area contributed by atoms with E-state index in [1.807, 2.05) is 0 Å². The van der Waals surface area contributed by atoms with Crippen molar-refractivity contribution in [1.29, 1.82) is 0 Å². The topological polar surface area (TPSA) is 134 Å². The Labute approximate surface area is 103 Å². The first-order valence-corrected chi connectivity index (χ1v) is 5.36. The lowest BCUT2D eigenvalue weighted by Gasteiger charge is -2.07. The number of nitrogens with two attached hydrogens (primary N) is 1. The van der Waals surface area contributed by atoms with Crippen LogP contribution in [-0.4, -0.2) is 39.7 Å². The van der Waals surface area contributed by atoms with Crippen LogP contribution in [0.15, 0.2) is 6.20 Å². The molecular weight excluding hydrogens is 236 g/mol. The highest BCUT2D eigenvalue weighted by molar-refractivity contribution is 5.87. The van der Waals surface area contributed by atoms with Crippen LogP contribution < -0.4 is 21.9 Å². The highest BCUT2D eigenvalue weighted by atomic mass is 16.1. The number of aromatic amines is 1. The van der Waals surface area contributed by atoms with E-state index in [1.165, 1.54) is 0 Å². The summed E-state index contributed by atoms with van der Waals surface area (Å²) in [4.78, 5) is 19.4. The number of anilines is 2. The molecule has 6 N–H and O–H groups in total. The summed E-state index contributed by atoms with van der Waals surface area (Å²) in [5.74, 6) is 6.08. The zero-order valence-electron chi connectivity index (χ0n) is 9.82. The predicted octanol–water partition coefficient (Wildman–Crippen LogP) is -0.813. The second-order valence-electron chi connectivity index (χ2n) is 3.52. The van der Waals surface area contributed by atoms with Crippen LogP contribution in [0.25, 0.3) is 11.0 Å². The third-order valence-electron chi connectivity index (χ3n) is 2.36. The molecule has 0 unspecified atom stereocenters. The lowest BCUT2D eigenvalue weighted by atomic mass is 10.3. The summed E-state index contributed by atoms with van der Waals surface area (Å²) in [5, 5.41) is 12.9. The van der Waals surface area contributed by atoms with Crippen molar-refractivity contribution in [3.8, 4) is 0 Å². The Hall–Kier alpha value is -2.42. The number of H-pyrrole nitrogens is 1. The number of hydrogen-bond acceptors (Lipinski definition) is 7. The molecule has 2 rings (SSSR count). The molecule has 2 aromatic heterocycles. The molecule has 0 saturated heterocycles. The molecule has 0 spiro atoms. The fraction of sp³-hybridized carbons (Fsp3) is 0.333. The van der Waals surface area contributed by atoms with Gasteiger partial charge >= 0.3 is 0 Å². The molecule has 2 aromatic rings. The largest absolute Gasteiger partial charge is 0.369 e. The van der Waals surface area contributed by atoms with Crippen LogP contribution in [-0.2, 0) is 4.79 Å². The first-order valence-electron chi connectivity index (χ1n) is 5.36. The minimum Gasteiger partial charge on any atom is -0.369 e. The standard InChI is InChI=1S/C9H14N8O/c1-11-6(18)2-3-12-7-5-4-13-17-8(5)15-9(14-7)16-10/h4H,2-3,10H2,1H3,(H,11,18)(H3,12,13,14,15,16,17). The van der Waals surface area contributed by atoms with Crippen LogP contribution in [0, 0.1) is 0 Å². The zero-order valence-corrected chi connectivity index (χ0v) is 9.82. The van der Waals surface area contributed by atoms with Crippen LogP contribution in [0.1, 0.15) is 6.42 Å². The summed E-state index contributed by atoms with van der Waals surface area (Å²) in [6, 6.07) is 0. The Bertz CT molecular complexity index is 550. The molecule has 0 aliphatic carbocycles. The molecule has 0 fully saturated rings. The summed E-state index contributed by atoms with van der Waals surface area (Å²) in [6.07, 6.45) is 1.96. The van der Waals surface area contributed by atoms with Crippen LogP contribution in [0.4, 0.5) is 11.8 Å². The van der Waals surface area contributed by atoms with Crippen molar-refractivity contribution in [1.82, 2.24) is 25.5 Å². The van der Waals surface area contributed by atoms with Gasteiger partial charge in [-0.2, -0.15) is 15.1 Å². The lowest BCUT2D eigenvalue weighted by molar-refractivity contribution is -0.120. The highest BCUT2D eigenvalue weighted by Crippen LogP contribution is 2.19. The normalized spacial score (nSPS) is 10.3. The van der Waals surface area contributed by atoms with Crippen LogP contribution in [0.3, 0.4) is 0 Å². The monoisotopic (exact) mass is 250 g/mol. The van der Waals surface area contributed by atoms with Gasteiger partial charge in [-0.25, -0.2) is 5.84 Å². The fourth-order valence-electron chi connectivity index (χ4n) is 1.45. The summed E-state index contributed by atoms with van der Waals surface area (Å²) in [7, 11) is 1.59. The molecule has 0 bridgehead atoms. The number of hydrogen-bond donors (Lipinski definition) is 5. The molecule has 0 aliphatic heterocycles. The van der Waals surface area contributed by atoms with Crippen molar-refractivity contribution in [2.75, 3.05) is 24.3 Å². The number of amides is 1. The summed E-state index contributed by atoms with van der Waals surface area (Å²) < 4.78 is 0. The summed E-state index contributed by atoms with van der Waals surface area (Å²) >= 11 is 0. The molecule has 2 heterocycles. The molecule has 18 heavy (non-hydrogen) atoms. The second kappa shape index (κ2) is 5.27. The van der Waals surface area contributed by atoms with Crippen LogP contribution in [0.2, 0.25) is 0 Å². The van der Waals surface area contributed by atoms with Crippen LogP contribution >= 0.6 is 0 Å². The summed E-state index contributed by atoms with van der Waals surface area (Å²) in [6.45, 7) is 0.459. The van der Waals surface area contributed by atoms with Gasteiger partial charge in [0.25, 0.3) is 0 Å². The van der Waals surface area contributed by atoms with Crippen molar-refractivity contribution >= 4 is 28.7 Å². The van der Waals surface area contributed by atoms with E-state index < -0.39 is 0 Å². The Morgan fingerprint density at radius 2 is 2.33 bits per heavy atom. The van der Waals surface area contributed by atoms with Gasteiger partial charge in [0, 0.05) is 20.0 Å². The van der Waals surface area contributed by atoms with Crippen molar-refractivity contribution in [3.05, 3.63) is 6.20 Å². The molecule has 9 heteroatoms. The molecule has 0 aromatic carbocycles. The molecule has 96 valence electrons. The third kappa shape index (κ3) is 2.46. The van der Waals surface area contributed by atoms with Crippen molar-refractivity contribution in [2.45, 2.75) is 6.42 Å². The first kappa shape index (κ1) is 12.0. The van der Waals surface area contributed by atoms with E-state index in [-0.39, 0.29) is 11.9 Å². The maximum atomic E-state index is 11.1. The number of nitrogens with zero attached hydrogens (tertiary/aromatic N) is 3. The van der Waals surface area contributed by atoms with Gasteiger partial charge in [0.1, 0.15) is 5.82 Å². The number of carbonyl (C=O) groups is 1. The molecule has 1 amide bonds. The maximum Gasteiger partial charge on any atom is 0.241 e. The lowest BCUT2D eigenvalue weighted by Crippen LogP contribution is -2.21. The number of hydrazine groups is 1. The smallest absolute Gasteiger partial charge is 0.241 e. The molecule has 0 aliphatic rings. The Morgan fingerprint density at radius 1 is 1.50 bits per heavy atom. The van der Waals surface area contributed by atoms with Crippen molar-refractivity contribution in [3.63, 3.8) is 0 Å². The van der Waals surface area contributed by atoms with Gasteiger partial charge in [-0.15, -0.1) is 0 Å². The number of nitrogens with one attached hydrogen (secondary N) is 4. The number of carbonyl (C=O) groups excluding carboxylic acids is 1. The van der Waals surface area contributed by atoms with E-state index in [1.54, 1.807) is 13.2 Å². The first-order chi connectivity index (χ1) is 8.74. The van der Waals surface area contributed by atoms with Gasteiger partial charge in [0.15, 0.2) is 5.65 Å². The second-order valence-corrected chi connectivity index (χ2v) is 3.52. The number of aromatic nitrogens is 4. The van der Waals surface area contributed by atoms with Gasteiger partial charge in [-0.05, 0) is 0 Å². The molecule has 0 atom stereocenters. The maximum absolute atomic E-state index is 11.1. The molecular formula is C9H14N8O. The number of rotatable bonds is 5. The van der Waals surface area contributed by atoms with Gasteiger partial charge in [0.2, 0.25) is 11.9 Å². The Balaban J connectivity index is 2.15. The number of fused-ring (bicyclic) bond motifs is 1. The van der Waals surface area contributed by atoms with Gasteiger partial charge < -0.3 is 10.6 Å². The van der Waals surface area contributed by atoms with Crippen molar-refractivity contribution < 1.29 is 4.79 Å². The zero-order chi connectivity index (χ0) is 13.0. The van der Waals surface area contributed by atoms with Gasteiger partial charge in [0.05, 0.1) is 11.6 Å². The average Bonchev–Trinajstić information content (AvgIpc) is 2.86. The van der Waals surface area contributed by atoms with Gasteiger partial charge in [-0.1, -0.05) is 0 Å². The van der Waals surface area contributed by atoms with Crippen molar-refractivity contribution in [2.24, 2.45) is 5.84 Å². The van der Waals surface area contributed by atoms with E-state index in [0.29, 0.717) is 24.4 Å². The Kier molecular flexibility index (Phi) is 3.53. The molecule has 0 radical (unpaired) electrons. The number of nitrogen functional groups attached to an aromatic ring is 1. The third-order valence-corrected chi connectivity index (χ3v) is 2.36. The minimum absolute atomic E-state index is 0.0443. The quantitative estimate of drug-likeness (QED) is 0.346. The van der Waals surface area contributed by atoms with E-state index >= 15 is 0 Å². The Morgan fingerprint density at radius 3 is 3.06 bits per heavy atom. The predicted molar refractivity (Wildman–Crippen MR) is 66.7 cm³/mol. The fourth-order valence-corrected chi connectivity index (χ4v) is 1.45.